The molecule has 1 aliphatic rings. The fourth-order valence-electron chi connectivity index (χ4n) is 4.53. The van der Waals surface area contributed by atoms with Crippen LogP contribution in [0.1, 0.15) is 38.7 Å². The number of anilines is 1. The van der Waals surface area contributed by atoms with E-state index in [0.717, 1.165) is 11.1 Å². The largest absolute Gasteiger partial charge is 0.507 e. The first-order valence-corrected chi connectivity index (χ1v) is 11.4. The molecule has 1 saturated heterocycles. The van der Waals surface area contributed by atoms with Crippen molar-refractivity contribution in [3.63, 3.8) is 0 Å². The third-order valence-corrected chi connectivity index (χ3v) is 6.47. The molecular formula is C28H23N3O6. The summed E-state index contributed by atoms with van der Waals surface area (Å²) in [6, 6.07) is 15.7. The summed E-state index contributed by atoms with van der Waals surface area (Å²) in [6.07, 6.45) is 0. The zero-order chi connectivity index (χ0) is 26.4. The van der Waals surface area contributed by atoms with Gasteiger partial charge in [-0.15, -0.1) is 0 Å². The molecule has 5 rings (SSSR count). The van der Waals surface area contributed by atoms with Crippen LogP contribution in [0.25, 0.3) is 16.8 Å². The summed E-state index contributed by atoms with van der Waals surface area (Å²) in [7, 11) is 1.53. The second-order valence-electron chi connectivity index (χ2n) is 8.86. The number of nitrogens with zero attached hydrogens (tertiary/aromatic N) is 2. The van der Waals surface area contributed by atoms with Crippen LogP contribution in [0.5, 0.6) is 5.75 Å². The summed E-state index contributed by atoms with van der Waals surface area (Å²) in [4.78, 5) is 46.9. The molecular weight excluding hydrogens is 474 g/mol. The number of benzene rings is 3. The highest BCUT2D eigenvalue weighted by Gasteiger charge is 2.48. The minimum Gasteiger partial charge on any atom is -0.507 e. The van der Waals surface area contributed by atoms with Crippen molar-refractivity contribution in [2.75, 3.05) is 12.0 Å². The molecule has 9 heteroatoms. The van der Waals surface area contributed by atoms with Crippen LogP contribution in [-0.2, 0) is 9.59 Å². The quantitative estimate of drug-likeness (QED) is 0.210. The number of hydrogen-bond acceptors (Lipinski definition) is 6. The molecule has 1 aromatic heterocycles. The van der Waals surface area contributed by atoms with Crippen LogP contribution in [0, 0.1) is 13.8 Å². The number of ether oxygens (including phenoxy) is 1. The lowest BCUT2D eigenvalue weighted by Crippen LogP contribution is -2.30. The Kier molecular flexibility index (Phi) is 5.75. The number of aromatic amines is 1. The van der Waals surface area contributed by atoms with Crippen molar-refractivity contribution in [3.8, 4) is 5.75 Å². The number of amides is 1. The van der Waals surface area contributed by atoms with Crippen LogP contribution in [0.4, 0.5) is 5.95 Å². The molecule has 0 radical (unpaired) electrons. The van der Waals surface area contributed by atoms with E-state index >= 15 is 0 Å². The number of fused-ring (bicyclic) bond motifs is 1. The lowest BCUT2D eigenvalue weighted by Gasteiger charge is -2.23. The lowest BCUT2D eigenvalue weighted by atomic mass is 9.93. The number of imidazole rings is 1. The van der Waals surface area contributed by atoms with Gasteiger partial charge in [0.2, 0.25) is 5.95 Å². The van der Waals surface area contributed by atoms with Crippen LogP contribution in [0.2, 0.25) is 0 Å². The van der Waals surface area contributed by atoms with Crippen molar-refractivity contribution in [2.24, 2.45) is 0 Å². The smallest absolute Gasteiger partial charge is 0.335 e. The van der Waals surface area contributed by atoms with Gasteiger partial charge in [0.05, 0.1) is 35.3 Å². The Bertz CT molecular complexity index is 1620. The summed E-state index contributed by atoms with van der Waals surface area (Å²) >= 11 is 0. The number of aromatic nitrogens is 2. The highest BCUT2D eigenvalue weighted by Crippen LogP contribution is 2.42. The van der Waals surface area contributed by atoms with Crippen molar-refractivity contribution in [1.82, 2.24) is 9.97 Å². The molecule has 0 spiro atoms. The molecule has 1 aliphatic heterocycles. The number of aliphatic hydroxyl groups excluding tert-OH is 1. The number of aromatic carboxylic acids is 1. The van der Waals surface area contributed by atoms with Crippen LogP contribution in [-0.4, -0.2) is 45.0 Å². The van der Waals surface area contributed by atoms with Gasteiger partial charge in [0.1, 0.15) is 11.5 Å². The molecule has 9 nitrogen and oxygen atoms in total. The van der Waals surface area contributed by atoms with E-state index in [1.165, 1.54) is 30.2 Å². The summed E-state index contributed by atoms with van der Waals surface area (Å²) in [5, 5.41) is 20.7. The number of methoxy groups -OCH3 is 1. The van der Waals surface area contributed by atoms with Crippen molar-refractivity contribution in [2.45, 2.75) is 19.9 Å². The Labute approximate surface area is 211 Å². The Hall–Kier alpha value is -4.92. The zero-order valence-corrected chi connectivity index (χ0v) is 20.3. The Balaban J connectivity index is 1.73. The van der Waals surface area contributed by atoms with Gasteiger partial charge in [0, 0.05) is 5.56 Å². The van der Waals surface area contributed by atoms with E-state index in [1.54, 1.807) is 30.3 Å². The molecule has 1 unspecified atom stereocenters. The second-order valence-corrected chi connectivity index (χ2v) is 8.86. The third-order valence-electron chi connectivity index (χ3n) is 6.47. The SMILES string of the molecule is COc1ccc(C2/C(=C(\O)c3cc(C)ccc3C)C(=O)C(=O)N2c2nc3ccc(C(=O)O)cc3[nH]2)cc1. The molecule has 0 bridgehead atoms. The maximum absolute atomic E-state index is 13.4. The highest BCUT2D eigenvalue weighted by atomic mass is 16.5. The van der Waals surface area contributed by atoms with Gasteiger partial charge >= 0.3 is 11.9 Å². The Morgan fingerprint density at radius 3 is 2.41 bits per heavy atom. The highest BCUT2D eigenvalue weighted by molar-refractivity contribution is 6.51. The lowest BCUT2D eigenvalue weighted by molar-refractivity contribution is -0.132. The summed E-state index contributed by atoms with van der Waals surface area (Å²) in [6.45, 7) is 3.68. The van der Waals surface area contributed by atoms with E-state index in [9.17, 15) is 24.6 Å². The first-order chi connectivity index (χ1) is 17.7. The van der Waals surface area contributed by atoms with Crippen LogP contribution in [0.3, 0.4) is 0 Å². The number of carboxylic acid groups (broad SMARTS) is 1. The number of carbonyl (C=O) groups is 3. The number of carboxylic acids is 1. The first kappa shape index (κ1) is 23.8. The van der Waals surface area contributed by atoms with E-state index in [4.69, 9.17) is 4.74 Å². The van der Waals surface area contributed by atoms with Gasteiger partial charge in [-0.3, -0.25) is 14.5 Å². The fourth-order valence-corrected chi connectivity index (χ4v) is 4.53. The Morgan fingerprint density at radius 2 is 1.73 bits per heavy atom. The van der Waals surface area contributed by atoms with Crippen molar-refractivity contribution >= 4 is 40.4 Å². The van der Waals surface area contributed by atoms with E-state index in [2.05, 4.69) is 9.97 Å². The molecule has 2 heterocycles. The minimum absolute atomic E-state index is 0.0476. The standard InChI is InChI=1S/C28H23N3O6/c1-14-4-5-15(2)19(12-14)24(32)22-23(16-6-9-18(37-3)10-7-16)31(26(34)25(22)33)28-29-20-11-8-17(27(35)36)13-21(20)30-28/h4-13,23,32H,1-3H3,(H,29,30)(H,35,36)/b24-22+. The number of H-pyrrole nitrogens is 1. The average Bonchev–Trinajstić information content (AvgIpc) is 3.42. The monoisotopic (exact) mass is 497 g/mol. The van der Waals surface area contributed by atoms with Gasteiger partial charge in [-0.05, 0) is 61.4 Å². The number of nitrogens with one attached hydrogen (secondary N) is 1. The van der Waals surface area contributed by atoms with E-state index in [0.29, 0.717) is 27.9 Å². The number of aliphatic hydroxyl groups is 1. The molecule has 186 valence electrons. The number of rotatable bonds is 5. The second kappa shape index (κ2) is 8.94. The molecule has 37 heavy (non-hydrogen) atoms. The minimum atomic E-state index is -1.11. The fraction of sp³-hybridized carbons (Fsp3) is 0.143. The molecule has 3 aromatic carbocycles. The summed E-state index contributed by atoms with van der Waals surface area (Å²) in [5.41, 5.74) is 3.42. The average molecular weight is 498 g/mol. The van der Waals surface area contributed by atoms with Crippen LogP contribution in [0.15, 0.2) is 66.2 Å². The predicted molar refractivity (Wildman–Crippen MR) is 137 cm³/mol. The molecule has 1 atom stereocenters. The predicted octanol–water partition coefficient (Wildman–Crippen LogP) is 4.51. The van der Waals surface area contributed by atoms with Gasteiger partial charge in [0.15, 0.2) is 0 Å². The molecule has 1 fully saturated rings. The van der Waals surface area contributed by atoms with Gasteiger partial charge in [-0.1, -0.05) is 29.8 Å². The molecule has 1 amide bonds. The van der Waals surface area contributed by atoms with Crippen LogP contribution >= 0.6 is 0 Å². The molecule has 3 N–H and O–H groups in total. The number of aryl methyl sites for hydroxylation is 2. The normalized spacial score (nSPS) is 16.9. The first-order valence-electron chi connectivity index (χ1n) is 11.4. The number of ketones is 1. The number of Topliss-reactive ketones (excluding diaryl/α,β-unsaturated/α-hetero) is 1. The number of hydrogen-bond donors (Lipinski definition) is 3. The van der Waals surface area contributed by atoms with Gasteiger partial charge in [0.25, 0.3) is 5.78 Å². The third kappa shape index (κ3) is 4.00. The van der Waals surface area contributed by atoms with Crippen molar-refractivity contribution < 1.29 is 29.3 Å². The van der Waals surface area contributed by atoms with Gasteiger partial charge in [-0.25, -0.2) is 9.78 Å². The molecule has 4 aromatic rings. The maximum atomic E-state index is 13.4. The van der Waals surface area contributed by atoms with E-state index in [1.807, 2.05) is 26.0 Å². The van der Waals surface area contributed by atoms with Gasteiger partial charge < -0.3 is 19.9 Å². The molecule has 0 aliphatic carbocycles. The maximum Gasteiger partial charge on any atom is 0.335 e. The summed E-state index contributed by atoms with van der Waals surface area (Å²) in [5.74, 6) is -2.48. The van der Waals surface area contributed by atoms with E-state index < -0.39 is 23.7 Å². The van der Waals surface area contributed by atoms with Gasteiger partial charge in [-0.2, -0.15) is 0 Å². The number of carbonyl (C=O) groups excluding carboxylic acids is 2. The van der Waals surface area contributed by atoms with Crippen molar-refractivity contribution in [1.29, 1.82) is 0 Å². The Morgan fingerprint density at radius 1 is 1.00 bits per heavy atom. The van der Waals surface area contributed by atoms with Crippen LogP contribution < -0.4 is 9.64 Å². The van der Waals surface area contributed by atoms with Crippen molar-refractivity contribution in [3.05, 3.63) is 94.1 Å². The molecule has 0 saturated carbocycles. The summed E-state index contributed by atoms with van der Waals surface area (Å²) < 4.78 is 5.25. The topological polar surface area (TPSA) is 133 Å². The zero-order valence-electron chi connectivity index (χ0n) is 20.3. The van der Waals surface area contributed by atoms with E-state index in [-0.39, 0.29) is 22.8 Å².